The largest absolute Gasteiger partial charge is 0.443 e. The molecule has 1 atom stereocenters. The summed E-state index contributed by atoms with van der Waals surface area (Å²) in [5.74, 6) is 0. The van der Waals surface area contributed by atoms with Crippen LogP contribution in [0.4, 0.5) is 13.2 Å². The highest BCUT2D eigenvalue weighted by molar-refractivity contribution is 7.11. The summed E-state index contributed by atoms with van der Waals surface area (Å²) >= 11 is 0.446. The molecule has 104 valence electrons. The molecular formula is C11H12F3N3OS. The zero-order chi connectivity index (χ0) is 14.4. The summed E-state index contributed by atoms with van der Waals surface area (Å²) in [6.07, 6.45) is -4.56. The molecule has 0 aliphatic carbocycles. The predicted molar refractivity (Wildman–Crippen MR) is 63.9 cm³/mol. The lowest BCUT2D eigenvalue weighted by Gasteiger charge is -2.08. The van der Waals surface area contributed by atoms with Crippen LogP contribution in [0.3, 0.4) is 0 Å². The average molecular weight is 291 g/mol. The first-order valence-corrected chi connectivity index (χ1v) is 6.24. The molecule has 19 heavy (non-hydrogen) atoms. The summed E-state index contributed by atoms with van der Waals surface area (Å²) in [6.45, 7) is 3.46. The van der Waals surface area contributed by atoms with Gasteiger partial charge in [-0.15, -0.1) is 11.3 Å². The first-order chi connectivity index (χ1) is 8.71. The van der Waals surface area contributed by atoms with Gasteiger partial charge in [-0.05, 0) is 13.8 Å². The number of halogens is 3. The van der Waals surface area contributed by atoms with Crippen molar-refractivity contribution in [2.45, 2.75) is 26.1 Å². The van der Waals surface area contributed by atoms with Gasteiger partial charge >= 0.3 is 6.18 Å². The van der Waals surface area contributed by atoms with Gasteiger partial charge in [0.25, 0.3) is 0 Å². The minimum absolute atomic E-state index is 0.159. The lowest BCUT2D eigenvalue weighted by molar-refractivity contribution is -0.137. The van der Waals surface area contributed by atoms with Crippen molar-refractivity contribution < 1.29 is 18.3 Å². The van der Waals surface area contributed by atoms with E-state index in [0.29, 0.717) is 28.3 Å². The van der Waals surface area contributed by atoms with E-state index in [0.717, 1.165) is 6.20 Å². The third-order valence-corrected chi connectivity index (χ3v) is 3.97. The number of thiazole rings is 1. The number of aromatic nitrogens is 3. The van der Waals surface area contributed by atoms with Crippen LogP contribution < -0.4 is 0 Å². The minimum atomic E-state index is -4.48. The van der Waals surface area contributed by atoms with Crippen LogP contribution in [0.25, 0.3) is 0 Å². The molecule has 0 aromatic carbocycles. The molecule has 0 bridgehead atoms. The average Bonchev–Trinajstić information content (AvgIpc) is 2.84. The molecule has 0 saturated heterocycles. The maximum Gasteiger partial charge on any atom is 0.443 e. The minimum Gasteiger partial charge on any atom is -0.383 e. The van der Waals surface area contributed by atoms with Crippen molar-refractivity contribution in [3.63, 3.8) is 0 Å². The molecule has 2 aromatic rings. The summed E-state index contributed by atoms with van der Waals surface area (Å²) in [4.78, 5) is 3.47. The molecule has 2 aromatic heterocycles. The number of aryl methyl sites for hydroxylation is 2. The standard InChI is InChI=1S/C11H12F3N3OS/c1-5-8(6(2)17(3)16-5)9(18)7-4-15-10(19-7)11(12,13)14/h4,9,18H,1-3H3. The highest BCUT2D eigenvalue weighted by atomic mass is 32.1. The number of aliphatic hydroxyl groups excluding tert-OH is 1. The van der Waals surface area contributed by atoms with Crippen LogP contribution in [0.5, 0.6) is 0 Å². The zero-order valence-corrected chi connectivity index (χ0v) is 11.3. The van der Waals surface area contributed by atoms with Gasteiger partial charge in [-0.25, -0.2) is 4.98 Å². The van der Waals surface area contributed by atoms with Gasteiger partial charge in [-0.2, -0.15) is 18.3 Å². The molecule has 0 fully saturated rings. The molecular weight excluding hydrogens is 279 g/mol. The molecule has 0 radical (unpaired) electrons. The van der Waals surface area contributed by atoms with E-state index in [1.807, 2.05) is 0 Å². The fourth-order valence-electron chi connectivity index (χ4n) is 1.87. The van der Waals surface area contributed by atoms with E-state index in [4.69, 9.17) is 0 Å². The van der Waals surface area contributed by atoms with Crippen LogP contribution in [0.2, 0.25) is 0 Å². The van der Waals surface area contributed by atoms with E-state index in [9.17, 15) is 18.3 Å². The third-order valence-electron chi connectivity index (χ3n) is 2.87. The van der Waals surface area contributed by atoms with Crippen LogP contribution in [0.1, 0.15) is 32.9 Å². The number of hydrogen-bond acceptors (Lipinski definition) is 4. The fraction of sp³-hybridized carbons (Fsp3) is 0.455. The van der Waals surface area contributed by atoms with Crippen LogP contribution in [0, 0.1) is 13.8 Å². The van der Waals surface area contributed by atoms with Crippen molar-refractivity contribution in [3.8, 4) is 0 Å². The Kier molecular flexibility index (Phi) is 3.40. The molecule has 1 unspecified atom stereocenters. The normalized spacial score (nSPS) is 13.8. The van der Waals surface area contributed by atoms with E-state index < -0.39 is 17.3 Å². The van der Waals surface area contributed by atoms with Crippen molar-refractivity contribution in [3.05, 3.63) is 33.0 Å². The predicted octanol–water partition coefficient (Wildman–Crippen LogP) is 2.59. The Hall–Kier alpha value is -1.41. The smallest absolute Gasteiger partial charge is 0.383 e. The molecule has 0 aliphatic heterocycles. The van der Waals surface area contributed by atoms with Gasteiger partial charge in [0.15, 0.2) is 5.01 Å². The molecule has 4 nitrogen and oxygen atoms in total. The van der Waals surface area contributed by atoms with E-state index in [1.54, 1.807) is 25.6 Å². The van der Waals surface area contributed by atoms with Crippen molar-refractivity contribution in [2.75, 3.05) is 0 Å². The summed E-state index contributed by atoms with van der Waals surface area (Å²) in [5.41, 5.74) is 1.83. The second kappa shape index (κ2) is 4.61. The molecule has 1 N–H and O–H groups in total. The van der Waals surface area contributed by atoms with Crippen LogP contribution in [0.15, 0.2) is 6.20 Å². The first kappa shape index (κ1) is 14.0. The lowest BCUT2D eigenvalue weighted by atomic mass is 10.1. The van der Waals surface area contributed by atoms with E-state index >= 15 is 0 Å². The topological polar surface area (TPSA) is 50.9 Å². The fourth-order valence-corrected chi connectivity index (χ4v) is 2.65. The van der Waals surface area contributed by atoms with Crippen LogP contribution in [-0.4, -0.2) is 19.9 Å². The Balaban J connectivity index is 2.39. The molecule has 0 saturated carbocycles. The monoisotopic (exact) mass is 291 g/mol. The van der Waals surface area contributed by atoms with Crippen molar-refractivity contribution in [2.24, 2.45) is 7.05 Å². The number of alkyl halides is 3. The number of aliphatic hydroxyl groups is 1. The summed E-state index contributed by atoms with van der Waals surface area (Å²) in [6, 6.07) is 0. The molecule has 8 heteroatoms. The van der Waals surface area contributed by atoms with Gasteiger partial charge in [0.1, 0.15) is 6.10 Å². The maximum atomic E-state index is 12.5. The molecule has 0 amide bonds. The van der Waals surface area contributed by atoms with Crippen molar-refractivity contribution >= 4 is 11.3 Å². The Labute approximate surface area is 111 Å². The summed E-state index contributed by atoms with van der Waals surface area (Å²) < 4.78 is 39.0. The SMILES string of the molecule is Cc1nn(C)c(C)c1C(O)c1cnc(C(F)(F)F)s1. The van der Waals surface area contributed by atoms with Gasteiger partial charge in [-0.3, -0.25) is 4.68 Å². The van der Waals surface area contributed by atoms with Crippen molar-refractivity contribution in [1.82, 2.24) is 14.8 Å². The lowest BCUT2D eigenvalue weighted by Crippen LogP contribution is -2.03. The second-order valence-electron chi connectivity index (χ2n) is 4.18. The quantitative estimate of drug-likeness (QED) is 0.925. The summed E-state index contributed by atoms with van der Waals surface area (Å²) in [5, 5.41) is 13.4. The molecule has 2 rings (SSSR count). The zero-order valence-electron chi connectivity index (χ0n) is 10.5. The molecule has 0 aliphatic rings. The summed E-state index contributed by atoms with van der Waals surface area (Å²) in [7, 11) is 1.71. The second-order valence-corrected chi connectivity index (χ2v) is 5.24. The molecule has 0 spiro atoms. The van der Waals surface area contributed by atoms with E-state index in [1.165, 1.54) is 0 Å². The van der Waals surface area contributed by atoms with Gasteiger partial charge in [-0.1, -0.05) is 0 Å². The number of rotatable bonds is 2. The highest BCUT2D eigenvalue weighted by Crippen LogP contribution is 2.37. The maximum absolute atomic E-state index is 12.5. The Morgan fingerprint density at radius 2 is 2.00 bits per heavy atom. The van der Waals surface area contributed by atoms with Gasteiger partial charge in [0.05, 0.1) is 10.6 Å². The number of hydrogen-bond donors (Lipinski definition) is 1. The Morgan fingerprint density at radius 1 is 1.37 bits per heavy atom. The van der Waals surface area contributed by atoms with E-state index in [2.05, 4.69) is 10.1 Å². The molecule has 2 heterocycles. The van der Waals surface area contributed by atoms with Gasteiger partial charge in [0.2, 0.25) is 0 Å². The van der Waals surface area contributed by atoms with Crippen molar-refractivity contribution in [1.29, 1.82) is 0 Å². The Bertz CT molecular complexity index is 603. The van der Waals surface area contributed by atoms with Gasteiger partial charge in [0, 0.05) is 24.5 Å². The van der Waals surface area contributed by atoms with E-state index in [-0.39, 0.29) is 4.88 Å². The highest BCUT2D eigenvalue weighted by Gasteiger charge is 2.35. The van der Waals surface area contributed by atoms with Crippen LogP contribution >= 0.6 is 11.3 Å². The van der Waals surface area contributed by atoms with Gasteiger partial charge < -0.3 is 5.11 Å². The third kappa shape index (κ3) is 2.50. The number of nitrogens with zero attached hydrogens (tertiary/aromatic N) is 3. The first-order valence-electron chi connectivity index (χ1n) is 5.43. The van der Waals surface area contributed by atoms with Crippen LogP contribution in [-0.2, 0) is 13.2 Å². The Morgan fingerprint density at radius 3 is 2.42 bits per heavy atom.